The van der Waals surface area contributed by atoms with Gasteiger partial charge in [0, 0.05) is 0 Å². The fourth-order valence-corrected chi connectivity index (χ4v) is 1.45. The lowest BCUT2D eigenvalue weighted by Crippen LogP contribution is -2.20. The average molecular weight is 170 g/mol. The Labute approximate surface area is 74.3 Å². The number of hydrogen-bond donors (Lipinski definition) is 0. The molecule has 1 aliphatic rings. The molecule has 1 rings (SSSR count). The third kappa shape index (κ3) is 2.50. The maximum absolute atomic E-state index is 11.3. The molecule has 1 fully saturated rings. The normalized spacial score (nSPS) is 20.8. The van der Waals surface area contributed by atoms with E-state index in [4.69, 9.17) is 4.74 Å². The maximum atomic E-state index is 11.3. The average Bonchev–Trinajstić information content (AvgIpc) is 2.55. The predicted molar refractivity (Wildman–Crippen MR) is 47.8 cm³/mol. The van der Waals surface area contributed by atoms with Crippen molar-refractivity contribution < 1.29 is 9.53 Å². The van der Waals surface area contributed by atoms with E-state index in [1.54, 1.807) is 0 Å². The molecule has 0 aromatic rings. The second kappa shape index (κ2) is 4.48. The third-order valence-electron chi connectivity index (χ3n) is 2.60. The zero-order valence-corrected chi connectivity index (χ0v) is 8.01. The highest BCUT2D eigenvalue weighted by Gasteiger charge is 2.21. The predicted octanol–water partition coefficient (Wildman–Crippen LogP) is 2.52. The Balaban J connectivity index is 2.25. The summed E-state index contributed by atoms with van der Waals surface area (Å²) in [4.78, 5) is 11.3. The summed E-state index contributed by atoms with van der Waals surface area (Å²) in [5.41, 5.74) is 0. The van der Waals surface area contributed by atoms with Gasteiger partial charge in [0.05, 0.1) is 5.92 Å². The Morgan fingerprint density at radius 2 is 2.08 bits per heavy atom. The van der Waals surface area contributed by atoms with Crippen molar-refractivity contribution in [2.75, 3.05) is 0 Å². The lowest BCUT2D eigenvalue weighted by molar-refractivity contribution is -0.153. The summed E-state index contributed by atoms with van der Waals surface area (Å²) in [6.07, 6.45) is 5.69. The van der Waals surface area contributed by atoms with E-state index in [1.165, 1.54) is 12.8 Å². The molecule has 0 spiro atoms. The largest absolute Gasteiger partial charge is 0.462 e. The van der Waals surface area contributed by atoms with E-state index >= 15 is 0 Å². The Morgan fingerprint density at radius 1 is 1.50 bits per heavy atom. The van der Waals surface area contributed by atoms with Gasteiger partial charge in [0.1, 0.15) is 6.10 Å². The first-order valence-corrected chi connectivity index (χ1v) is 4.94. The molecule has 1 aliphatic carbocycles. The van der Waals surface area contributed by atoms with E-state index in [-0.39, 0.29) is 18.0 Å². The minimum absolute atomic E-state index is 0.00981. The molecule has 0 saturated heterocycles. The number of esters is 1. The van der Waals surface area contributed by atoms with Gasteiger partial charge in [-0.25, -0.2) is 0 Å². The van der Waals surface area contributed by atoms with Crippen LogP contribution < -0.4 is 0 Å². The highest BCUT2D eigenvalue weighted by atomic mass is 16.5. The summed E-state index contributed by atoms with van der Waals surface area (Å²) in [5.74, 6) is 0.0648. The summed E-state index contributed by atoms with van der Waals surface area (Å²) in [5, 5.41) is 0. The van der Waals surface area contributed by atoms with Crippen LogP contribution in [0.5, 0.6) is 0 Å². The van der Waals surface area contributed by atoms with Crippen molar-refractivity contribution in [3.63, 3.8) is 0 Å². The van der Waals surface area contributed by atoms with Crippen LogP contribution in [0, 0.1) is 5.92 Å². The van der Waals surface area contributed by atoms with Gasteiger partial charge in [0.2, 0.25) is 0 Å². The highest BCUT2D eigenvalue weighted by Crippen LogP contribution is 2.22. The minimum atomic E-state index is -0.00981. The molecule has 1 saturated carbocycles. The molecule has 0 aliphatic heterocycles. The van der Waals surface area contributed by atoms with E-state index in [1.807, 2.05) is 13.8 Å². The number of hydrogen-bond acceptors (Lipinski definition) is 2. The summed E-state index contributed by atoms with van der Waals surface area (Å²) in [6.45, 7) is 3.94. The second-order valence-electron chi connectivity index (χ2n) is 3.65. The topological polar surface area (TPSA) is 26.3 Å². The van der Waals surface area contributed by atoms with Crippen LogP contribution in [0.4, 0.5) is 0 Å². The van der Waals surface area contributed by atoms with Gasteiger partial charge in [0.25, 0.3) is 0 Å². The highest BCUT2D eigenvalue weighted by molar-refractivity contribution is 5.72. The van der Waals surface area contributed by atoms with Crippen molar-refractivity contribution in [2.45, 2.75) is 52.1 Å². The van der Waals surface area contributed by atoms with Crippen LogP contribution in [-0.4, -0.2) is 12.1 Å². The Kier molecular flexibility index (Phi) is 3.57. The van der Waals surface area contributed by atoms with Gasteiger partial charge < -0.3 is 4.74 Å². The zero-order chi connectivity index (χ0) is 8.97. The lowest BCUT2D eigenvalue weighted by atomic mass is 10.1. The monoisotopic (exact) mass is 170 g/mol. The van der Waals surface area contributed by atoms with Gasteiger partial charge in [0.15, 0.2) is 0 Å². The number of carbonyl (C=O) groups is 1. The fraction of sp³-hybridized carbons (Fsp3) is 0.900. The van der Waals surface area contributed by atoms with E-state index in [0.29, 0.717) is 0 Å². The molecule has 2 nitrogen and oxygen atoms in total. The molecule has 0 heterocycles. The van der Waals surface area contributed by atoms with Crippen LogP contribution in [0.25, 0.3) is 0 Å². The van der Waals surface area contributed by atoms with Gasteiger partial charge in [-0.15, -0.1) is 0 Å². The van der Waals surface area contributed by atoms with Crippen molar-refractivity contribution in [3.05, 3.63) is 0 Å². The van der Waals surface area contributed by atoms with Gasteiger partial charge in [-0.1, -0.05) is 13.8 Å². The standard InChI is InChI=1S/C10H18O2/c1-3-8(2)10(11)12-9-6-4-5-7-9/h8-9H,3-7H2,1-2H3. The van der Waals surface area contributed by atoms with Gasteiger partial charge in [-0.3, -0.25) is 4.79 Å². The van der Waals surface area contributed by atoms with E-state index in [9.17, 15) is 4.79 Å². The minimum Gasteiger partial charge on any atom is -0.462 e. The van der Waals surface area contributed by atoms with Crippen molar-refractivity contribution in [1.82, 2.24) is 0 Å². The van der Waals surface area contributed by atoms with Crippen molar-refractivity contribution in [2.24, 2.45) is 5.92 Å². The lowest BCUT2D eigenvalue weighted by Gasteiger charge is -2.14. The molecular formula is C10H18O2. The van der Waals surface area contributed by atoms with E-state index in [2.05, 4.69) is 0 Å². The van der Waals surface area contributed by atoms with Crippen molar-refractivity contribution in [3.8, 4) is 0 Å². The van der Waals surface area contributed by atoms with Crippen molar-refractivity contribution >= 4 is 5.97 Å². The Bertz CT molecular complexity index is 148. The van der Waals surface area contributed by atoms with Crippen LogP contribution in [0.15, 0.2) is 0 Å². The van der Waals surface area contributed by atoms with Gasteiger partial charge in [-0.2, -0.15) is 0 Å². The van der Waals surface area contributed by atoms with Gasteiger partial charge in [-0.05, 0) is 32.1 Å². The Morgan fingerprint density at radius 3 is 2.58 bits per heavy atom. The molecule has 0 bridgehead atoms. The quantitative estimate of drug-likeness (QED) is 0.608. The first-order valence-electron chi connectivity index (χ1n) is 4.94. The number of ether oxygens (including phenoxy) is 1. The molecule has 0 aromatic carbocycles. The van der Waals surface area contributed by atoms with Crippen molar-refractivity contribution in [1.29, 1.82) is 0 Å². The molecule has 0 aromatic heterocycles. The Hall–Kier alpha value is -0.530. The molecule has 70 valence electrons. The van der Waals surface area contributed by atoms with Crippen LogP contribution in [0.3, 0.4) is 0 Å². The summed E-state index contributed by atoms with van der Waals surface area (Å²) < 4.78 is 5.33. The molecule has 1 atom stereocenters. The fourth-order valence-electron chi connectivity index (χ4n) is 1.45. The van der Waals surface area contributed by atoms with Crippen LogP contribution in [-0.2, 0) is 9.53 Å². The first kappa shape index (κ1) is 9.56. The molecule has 12 heavy (non-hydrogen) atoms. The summed E-state index contributed by atoms with van der Waals surface area (Å²) in [7, 11) is 0. The maximum Gasteiger partial charge on any atom is 0.308 e. The molecule has 1 unspecified atom stereocenters. The van der Waals surface area contributed by atoms with E-state index < -0.39 is 0 Å². The van der Waals surface area contributed by atoms with Crippen LogP contribution in [0.2, 0.25) is 0 Å². The summed E-state index contributed by atoms with van der Waals surface area (Å²) >= 11 is 0. The molecular weight excluding hydrogens is 152 g/mol. The smallest absolute Gasteiger partial charge is 0.308 e. The van der Waals surface area contributed by atoms with Gasteiger partial charge >= 0.3 is 5.97 Å². The molecule has 0 amide bonds. The number of carbonyl (C=O) groups excluding carboxylic acids is 1. The number of rotatable bonds is 3. The summed E-state index contributed by atoms with van der Waals surface area (Å²) in [6, 6.07) is 0. The molecule has 0 radical (unpaired) electrons. The van der Waals surface area contributed by atoms with Crippen LogP contribution in [0.1, 0.15) is 46.0 Å². The second-order valence-corrected chi connectivity index (χ2v) is 3.65. The molecule has 0 N–H and O–H groups in total. The zero-order valence-electron chi connectivity index (χ0n) is 8.01. The third-order valence-corrected chi connectivity index (χ3v) is 2.60. The van der Waals surface area contributed by atoms with E-state index in [0.717, 1.165) is 19.3 Å². The first-order chi connectivity index (χ1) is 5.74. The van der Waals surface area contributed by atoms with Crippen LogP contribution >= 0.6 is 0 Å². The SMILES string of the molecule is CCC(C)C(=O)OC1CCCC1. The molecule has 2 heteroatoms.